The highest BCUT2D eigenvalue weighted by Crippen LogP contribution is 2.13. The number of hydrogen-bond donors (Lipinski definition) is 1. The molecule has 0 bridgehead atoms. The molecule has 0 aromatic carbocycles. The summed E-state index contributed by atoms with van der Waals surface area (Å²) >= 11 is 0. The summed E-state index contributed by atoms with van der Waals surface area (Å²) in [5, 5.41) is 0. The van der Waals surface area contributed by atoms with Crippen LogP contribution in [0.1, 0.15) is 19.3 Å². The van der Waals surface area contributed by atoms with Gasteiger partial charge in [0.15, 0.2) is 0 Å². The molecule has 0 aromatic heterocycles. The average Bonchev–Trinajstić information content (AvgIpc) is 1.91. The molecule has 0 amide bonds. The number of rotatable bonds is 2. The van der Waals surface area contributed by atoms with Gasteiger partial charge in [-0.3, -0.25) is 0 Å². The van der Waals surface area contributed by atoms with Gasteiger partial charge in [-0.25, -0.2) is 0 Å². The fourth-order valence-electron chi connectivity index (χ4n) is 1.05. The Bertz CT molecular complexity index is 134. The molecule has 1 aliphatic carbocycles. The van der Waals surface area contributed by atoms with Gasteiger partial charge in [0, 0.05) is 0 Å². The van der Waals surface area contributed by atoms with Gasteiger partial charge in [0.05, 0.1) is 0 Å². The molecule has 1 nitrogen and oxygen atoms in total. The average molecular weight is 123 g/mol. The lowest BCUT2D eigenvalue weighted by atomic mass is 10.0. The van der Waals surface area contributed by atoms with Gasteiger partial charge in [-0.15, -0.1) is 0 Å². The maximum atomic E-state index is 5.39. The van der Waals surface area contributed by atoms with Gasteiger partial charge >= 0.3 is 0 Å². The van der Waals surface area contributed by atoms with Crippen molar-refractivity contribution in [1.29, 1.82) is 0 Å². The molecule has 0 atom stereocenters. The third kappa shape index (κ3) is 2.02. The molecular formula is C8H13N. The van der Waals surface area contributed by atoms with Crippen LogP contribution in [0.2, 0.25) is 0 Å². The largest absolute Gasteiger partial charge is 0.330 e. The fraction of sp³-hybridized carbons (Fsp3) is 0.500. The lowest BCUT2D eigenvalue weighted by molar-refractivity contribution is 0.847. The second-order valence-electron chi connectivity index (χ2n) is 2.33. The lowest BCUT2D eigenvalue weighted by Gasteiger charge is -2.05. The number of hydrogen-bond acceptors (Lipinski definition) is 1. The van der Waals surface area contributed by atoms with E-state index in [0.29, 0.717) is 0 Å². The minimum atomic E-state index is 0.791. The predicted octanol–water partition coefficient (Wildman–Crippen LogP) is 1.61. The van der Waals surface area contributed by atoms with E-state index < -0.39 is 0 Å². The smallest absolute Gasteiger partial charge is 0.00398 e. The van der Waals surface area contributed by atoms with Crippen LogP contribution in [0.25, 0.3) is 0 Å². The Morgan fingerprint density at radius 1 is 1.56 bits per heavy atom. The summed E-state index contributed by atoms with van der Waals surface area (Å²) in [5.41, 5.74) is 6.89. The Balaban J connectivity index is 2.38. The molecule has 1 aliphatic rings. The molecule has 0 unspecified atom stereocenters. The summed E-state index contributed by atoms with van der Waals surface area (Å²) in [4.78, 5) is 0. The van der Waals surface area contributed by atoms with E-state index in [1.54, 1.807) is 0 Å². The van der Waals surface area contributed by atoms with Crippen molar-refractivity contribution in [3.63, 3.8) is 0 Å². The summed E-state index contributed by atoms with van der Waals surface area (Å²) in [6.45, 7) is 0.791. The van der Waals surface area contributed by atoms with E-state index in [1.165, 1.54) is 18.4 Å². The zero-order chi connectivity index (χ0) is 6.53. The van der Waals surface area contributed by atoms with E-state index in [-0.39, 0.29) is 0 Å². The number of nitrogens with two attached hydrogens (primary N) is 1. The van der Waals surface area contributed by atoms with Gasteiger partial charge < -0.3 is 5.73 Å². The lowest BCUT2D eigenvalue weighted by Crippen LogP contribution is -2.00. The summed E-state index contributed by atoms with van der Waals surface area (Å²) in [6.07, 6.45) is 9.98. The van der Waals surface area contributed by atoms with Crippen molar-refractivity contribution in [2.45, 2.75) is 19.3 Å². The van der Waals surface area contributed by atoms with Crippen LogP contribution in [0.4, 0.5) is 0 Å². The van der Waals surface area contributed by atoms with Crippen molar-refractivity contribution >= 4 is 0 Å². The van der Waals surface area contributed by atoms with Gasteiger partial charge in [-0.2, -0.15) is 0 Å². The molecule has 2 N–H and O–H groups in total. The van der Waals surface area contributed by atoms with E-state index in [1.807, 2.05) is 0 Å². The molecule has 1 rings (SSSR count). The van der Waals surface area contributed by atoms with E-state index in [0.717, 1.165) is 13.0 Å². The summed E-state index contributed by atoms with van der Waals surface area (Å²) < 4.78 is 0. The van der Waals surface area contributed by atoms with Crippen molar-refractivity contribution < 1.29 is 0 Å². The molecule has 1 heteroatoms. The molecule has 0 saturated heterocycles. The van der Waals surface area contributed by atoms with Gasteiger partial charge in [0.2, 0.25) is 0 Å². The Morgan fingerprint density at radius 3 is 3.00 bits per heavy atom. The van der Waals surface area contributed by atoms with Crippen LogP contribution in [-0.4, -0.2) is 6.54 Å². The summed E-state index contributed by atoms with van der Waals surface area (Å²) in [5.74, 6) is 0. The third-order valence-electron chi connectivity index (χ3n) is 1.57. The highest BCUT2D eigenvalue weighted by molar-refractivity contribution is 5.17. The first-order valence-corrected chi connectivity index (χ1v) is 3.48. The minimum Gasteiger partial charge on any atom is -0.330 e. The first kappa shape index (κ1) is 6.56. The highest BCUT2D eigenvalue weighted by Gasteiger charge is 1.96. The Morgan fingerprint density at radius 2 is 2.44 bits per heavy atom. The van der Waals surface area contributed by atoms with Gasteiger partial charge in [-0.05, 0) is 25.8 Å². The first-order chi connectivity index (χ1) is 4.43. The normalized spacial score (nSPS) is 17.7. The van der Waals surface area contributed by atoms with Crippen LogP contribution in [0.15, 0.2) is 23.8 Å². The van der Waals surface area contributed by atoms with Crippen molar-refractivity contribution in [2.75, 3.05) is 6.54 Å². The molecule has 0 heterocycles. The van der Waals surface area contributed by atoms with Crippen LogP contribution < -0.4 is 5.73 Å². The molecule has 0 aliphatic heterocycles. The summed E-state index contributed by atoms with van der Waals surface area (Å²) in [6, 6.07) is 0. The van der Waals surface area contributed by atoms with Crippen LogP contribution in [0, 0.1) is 0 Å². The van der Waals surface area contributed by atoms with Crippen LogP contribution in [0.3, 0.4) is 0 Å². The Labute approximate surface area is 56.2 Å². The van der Waals surface area contributed by atoms with Gasteiger partial charge in [0.25, 0.3) is 0 Å². The molecule has 0 radical (unpaired) electrons. The van der Waals surface area contributed by atoms with E-state index in [4.69, 9.17) is 5.73 Å². The second-order valence-corrected chi connectivity index (χ2v) is 2.33. The Hall–Kier alpha value is -0.560. The standard InChI is InChI=1S/C8H13N/c9-7-6-8-4-2-1-3-5-8/h1-2,4H,3,5-7,9H2. The molecule has 0 saturated carbocycles. The molecule has 50 valence electrons. The zero-order valence-corrected chi connectivity index (χ0v) is 5.64. The van der Waals surface area contributed by atoms with Crippen LogP contribution in [-0.2, 0) is 0 Å². The first-order valence-electron chi connectivity index (χ1n) is 3.48. The molecule has 0 fully saturated rings. The second kappa shape index (κ2) is 3.46. The van der Waals surface area contributed by atoms with Crippen LogP contribution >= 0.6 is 0 Å². The van der Waals surface area contributed by atoms with E-state index >= 15 is 0 Å². The maximum Gasteiger partial charge on any atom is -0.00398 e. The van der Waals surface area contributed by atoms with Gasteiger partial charge in [0.1, 0.15) is 0 Å². The van der Waals surface area contributed by atoms with Crippen molar-refractivity contribution in [3.8, 4) is 0 Å². The topological polar surface area (TPSA) is 26.0 Å². The van der Waals surface area contributed by atoms with Gasteiger partial charge in [-0.1, -0.05) is 23.8 Å². The third-order valence-corrected chi connectivity index (χ3v) is 1.57. The number of allylic oxidation sites excluding steroid dienone is 3. The van der Waals surface area contributed by atoms with E-state index in [2.05, 4.69) is 18.2 Å². The quantitative estimate of drug-likeness (QED) is 0.593. The zero-order valence-electron chi connectivity index (χ0n) is 5.64. The molecule has 0 spiro atoms. The van der Waals surface area contributed by atoms with E-state index in [9.17, 15) is 0 Å². The maximum absolute atomic E-state index is 5.39. The van der Waals surface area contributed by atoms with Crippen molar-refractivity contribution in [2.24, 2.45) is 5.73 Å². The highest BCUT2D eigenvalue weighted by atomic mass is 14.5. The van der Waals surface area contributed by atoms with Crippen molar-refractivity contribution in [1.82, 2.24) is 0 Å². The Kier molecular flexibility index (Phi) is 2.52. The monoisotopic (exact) mass is 123 g/mol. The van der Waals surface area contributed by atoms with Crippen LogP contribution in [0.5, 0.6) is 0 Å². The molecular weight excluding hydrogens is 110 g/mol. The minimum absolute atomic E-state index is 0.791. The predicted molar refractivity (Wildman–Crippen MR) is 40.1 cm³/mol. The molecule has 0 aromatic rings. The summed E-state index contributed by atoms with van der Waals surface area (Å²) in [7, 11) is 0. The SMILES string of the molecule is NCCC1=CC=CCC1. The van der Waals surface area contributed by atoms with Crippen molar-refractivity contribution in [3.05, 3.63) is 23.8 Å². The molecule has 9 heavy (non-hydrogen) atoms. The fourth-order valence-corrected chi connectivity index (χ4v) is 1.05.